The lowest BCUT2D eigenvalue weighted by Crippen LogP contribution is -2.48. The average Bonchev–Trinajstić information content (AvgIpc) is 3.08. The van der Waals surface area contributed by atoms with Crippen molar-refractivity contribution in [3.8, 4) is 5.69 Å². The summed E-state index contributed by atoms with van der Waals surface area (Å²) in [6.07, 6.45) is 0.244. The predicted molar refractivity (Wildman–Crippen MR) is 125 cm³/mol. The second-order valence-corrected chi connectivity index (χ2v) is 8.20. The molecular formula is C25H30FN5O. The standard InChI is InChI=1S/C25H30FN5O/c1-19-22(20(2)31(28-19)24-11-7-6-10-23(24)26)18-25(32)27-12-13-29-14-16-30(17-15-29)21-8-4-3-5-9-21/h3-11H,12-18H2,1-2H3,(H,27,32). The molecule has 1 N–H and O–H groups in total. The molecule has 4 rings (SSSR count). The molecule has 2 aromatic carbocycles. The molecule has 0 spiro atoms. The highest BCUT2D eigenvalue weighted by Gasteiger charge is 2.19. The fraction of sp³-hybridized carbons (Fsp3) is 0.360. The number of aromatic nitrogens is 2. The van der Waals surface area contributed by atoms with Crippen LogP contribution in [0.3, 0.4) is 0 Å². The first kappa shape index (κ1) is 22.0. The van der Waals surface area contributed by atoms with Crippen LogP contribution in [0.2, 0.25) is 0 Å². The van der Waals surface area contributed by atoms with Gasteiger partial charge in [0.25, 0.3) is 0 Å². The Morgan fingerprint density at radius 1 is 1.00 bits per heavy atom. The molecule has 6 nitrogen and oxygen atoms in total. The molecule has 0 unspecified atom stereocenters. The fourth-order valence-corrected chi connectivity index (χ4v) is 4.23. The molecule has 1 saturated heterocycles. The highest BCUT2D eigenvalue weighted by molar-refractivity contribution is 5.79. The number of hydrogen-bond donors (Lipinski definition) is 1. The van der Waals surface area contributed by atoms with Crippen molar-refractivity contribution in [1.29, 1.82) is 0 Å². The third-order valence-electron chi connectivity index (χ3n) is 6.10. The largest absolute Gasteiger partial charge is 0.369 e. The van der Waals surface area contributed by atoms with Gasteiger partial charge in [-0.1, -0.05) is 30.3 Å². The Hall–Kier alpha value is -3.19. The van der Waals surface area contributed by atoms with E-state index in [1.165, 1.54) is 11.8 Å². The number of amides is 1. The summed E-state index contributed by atoms with van der Waals surface area (Å²) in [6.45, 7) is 9.14. The number of piperazine rings is 1. The topological polar surface area (TPSA) is 53.4 Å². The molecule has 3 aromatic rings. The summed E-state index contributed by atoms with van der Waals surface area (Å²) >= 11 is 0. The molecule has 0 atom stereocenters. The van der Waals surface area contributed by atoms with E-state index in [0.29, 0.717) is 12.2 Å². The van der Waals surface area contributed by atoms with Crippen LogP contribution in [-0.4, -0.2) is 59.9 Å². The molecule has 0 saturated carbocycles. The van der Waals surface area contributed by atoms with Gasteiger partial charge in [0.05, 0.1) is 12.1 Å². The number of anilines is 1. The maximum absolute atomic E-state index is 14.2. The molecule has 168 valence electrons. The van der Waals surface area contributed by atoms with Crippen molar-refractivity contribution >= 4 is 11.6 Å². The van der Waals surface area contributed by atoms with E-state index < -0.39 is 0 Å². The molecule has 1 aliphatic heterocycles. The summed E-state index contributed by atoms with van der Waals surface area (Å²) < 4.78 is 15.8. The molecule has 1 fully saturated rings. The number of hydrogen-bond acceptors (Lipinski definition) is 4. The third kappa shape index (κ3) is 4.99. The van der Waals surface area contributed by atoms with Crippen molar-refractivity contribution < 1.29 is 9.18 Å². The predicted octanol–water partition coefficient (Wildman–Crippen LogP) is 3.11. The summed E-state index contributed by atoms with van der Waals surface area (Å²) in [7, 11) is 0. The van der Waals surface area contributed by atoms with Crippen LogP contribution in [0.5, 0.6) is 0 Å². The number of carbonyl (C=O) groups excluding carboxylic acids is 1. The van der Waals surface area contributed by atoms with Crippen LogP contribution >= 0.6 is 0 Å². The zero-order valence-corrected chi connectivity index (χ0v) is 18.7. The minimum atomic E-state index is -0.332. The number of nitrogens with zero attached hydrogens (tertiary/aromatic N) is 4. The first-order valence-corrected chi connectivity index (χ1v) is 11.1. The third-order valence-corrected chi connectivity index (χ3v) is 6.10. The maximum Gasteiger partial charge on any atom is 0.224 e. The zero-order valence-electron chi connectivity index (χ0n) is 18.7. The minimum Gasteiger partial charge on any atom is -0.369 e. The van der Waals surface area contributed by atoms with Crippen LogP contribution in [-0.2, 0) is 11.2 Å². The molecular weight excluding hydrogens is 405 g/mol. The van der Waals surface area contributed by atoms with Crippen molar-refractivity contribution in [2.45, 2.75) is 20.3 Å². The van der Waals surface area contributed by atoms with Gasteiger partial charge in [0.15, 0.2) is 0 Å². The van der Waals surface area contributed by atoms with E-state index in [2.05, 4.69) is 44.5 Å². The molecule has 1 aliphatic rings. The number of aryl methyl sites for hydroxylation is 1. The Bertz CT molecular complexity index is 1060. The zero-order chi connectivity index (χ0) is 22.5. The molecule has 0 radical (unpaired) electrons. The van der Waals surface area contributed by atoms with Crippen LogP contribution in [0.15, 0.2) is 54.6 Å². The molecule has 0 aliphatic carbocycles. The van der Waals surface area contributed by atoms with Gasteiger partial charge >= 0.3 is 0 Å². The molecule has 32 heavy (non-hydrogen) atoms. The SMILES string of the molecule is Cc1nn(-c2ccccc2F)c(C)c1CC(=O)NCCN1CCN(c2ccccc2)CC1. The Kier molecular flexibility index (Phi) is 6.85. The van der Waals surface area contributed by atoms with E-state index >= 15 is 0 Å². The Morgan fingerprint density at radius 2 is 1.69 bits per heavy atom. The van der Waals surface area contributed by atoms with E-state index in [-0.39, 0.29) is 18.1 Å². The quantitative estimate of drug-likeness (QED) is 0.620. The fourth-order valence-electron chi connectivity index (χ4n) is 4.23. The number of nitrogens with one attached hydrogen (secondary N) is 1. The van der Waals surface area contributed by atoms with Gasteiger partial charge in [-0.2, -0.15) is 5.10 Å². The second-order valence-electron chi connectivity index (χ2n) is 8.20. The van der Waals surface area contributed by atoms with E-state index in [0.717, 1.165) is 49.7 Å². The summed E-state index contributed by atoms with van der Waals surface area (Å²) in [6, 6.07) is 17.0. The number of carbonyl (C=O) groups is 1. The second kappa shape index (κ2) is 9.96. The average molecular weight is 436 g/mol. The summed E-state index contributed by atoms with van der Waals surface area (Å²) in [4.78, 5) is 17.3. The first-order chi connectivity index (χ1) is 15.5. The molecule has 2 heterocycles. The maximum atomic E-state index is 14.2. The summed E-state index contributed by atoms with van der Waals surface area (Å²) in [5, 5.41) is 7.49. The first-order valence-electron chi connectivity index (χ1n) is 11.1. The summed E-state index contributed by atoms with van der Waals surface area (Å²) in [5.41, 5.74) is 4.05. The van der Waals surface area contributed by atoms with Crippen molar-refractivity contribution in [2.75, 3.05) is 44.2 Å². The highest BCUT2D eigenvalue weighted by Crippen LogP contribution is 2.20. The van der Waals surface area contributed by atoms with Gasteiger partial charge in [-0.3, -0.25) is 9.69 Å². The molecule has 7 heteroatoms. The van der Waals surface area contributed by atoms with Crippen LogP contribution in [0.4, 0.5) is 10.1 Å². The number of rotatable bonds is 7. The van der Waals surface area contributed by atoms with Crippen molar-refractivity contribution in [1.82, 2.24) is 20.0 Å². The Labute approximate surface area is 188 Å². The molecule has 0 bridgehead atoms. The van der Waals surface area contributed by atoms with Crippen LogP contribution in [0.25, 0.3) is 5.69 Å². The van der Waals surface area contributed by atoms with Crippen LogP contribution in [0.1, 0.15) is 17.0 Å². The Balaban J connectivity index is 1.26. The minimum absolute atomic E-state index is 0.0350. The van der Waals surface area contributed by atoms with Gasteiger partial charge in [-0.15, -0.1) is 0 Å². The van der Waals surface area contributed by atoms with Crippen LogP contribution in [0, 0.1) is 19.7 Å². The smallest absolute Gasteiger partial charge is 0.224 e. The van der Waals surface area contributed by atoms with Gasteiger partial charge in [0.1, 0.15) is 11.5 Å². The Morgan fingerprint density at radius 3 is 2.41 bits per heavy atom. The summed E-state index contributed by atoms with van der Waals surface area (Å²) in [5.74, 6) is -0.367. The van der Waals surface area contributed by atoms with Gasteiger partial charge in [0, 0.05) is 56.2 Å². The number of para-hydroxylation sites is 2. The van der Waals surface area contributed by atoms with E-state index in [1.54, 1.807) is 22.9 Å². The lowest BCUT2D eigenvalue weighted by Gasteiger charge is -2.36. The van der Waals surface area contributed by atoms with E-state index in [4.69, 9.17) is 0 Å². The van der Waals surface area contributed by atoms with Crippen molar-refractivity contribution in [3.05, 3.63) is 77.4 Å². The highest BCUT2D eigenvalue weighted by atomic mass is 19.1. The van der Waals surface area contributed by atoms with Gasteiger partial charge in [-0.25, -0.2) is 9.07 Å². The molecule has 1 aromatic heterocycles. The monoisotopic (exact) mass is 435 g/mol. The van der Waals surface area contributed by atoms with Crippen molar-refractivity contribution in [2.24, 2.45) is 0 Å². The van der Waals surface area contributed by atoms with E-state index in [1.807, 2.05) is 19.9 Å². The van der Waals surface area contributed by atoms with Crippen molar-refractivity contribution in [3.63, 3.8) is 0 Å². The van der Waals surface area contributed by atoms with E-state index in [9.17, 15) is 9.18 Å². The van der Waals surface area contributed by atoms with Crippen LogP contribution < -0.4 is 10.2 Å². The lowest BCUT2D eigenvalue weighted by atomic mass is 10.1. The number of benzene rings is 2. The molecule has 1 amide bonds. The van der Waals surface area contributed by atoms with Gasteiger partial charge < -0.3 is 10.2 Å². The van der Waals surface area contributed by atoms with Gasteiger partial charge in [0.2, 0.25) is 5.91 Å². The number of halogens is 1. The van der Waals surface area contributed by atoms with Gasteiger partial charge in [-0.05, 0) is 38.1 Å². The lowest BCUT2D eigenvalue weighted by molar-refractivity contribution is -0.120. The normalized spacial score (nSPS) is 14.5.